The molecule has 4 heteroatoms. The smallest absolute Gasteiger partial charge is 0.175 e. The number of Topliss-reactive ketones (excluding diaryl/α,β-unsaturated/α-hetero) is 1. The molecule has 0 radical (unpaired) electrons. The van der Waals surface area contributed by atoms with Crippen molar-refractivity contribution in [3.63, 3.8) is 0 Å². The average Bonchev–Trinajstić information content (AvgIpc) is 2.28. The summed E-state index contributed by atoms with van der Waals surface area (Å²) >= 11 is 0. The normalized spacial score (nSPS) is 11.7. The standard InChI is InChI=1S/C14H16O3S/c1-11(2)8-13(15)9-18(17)10-14(16)12-6-4-3-5-7-12/h3-8H,9-10H2,1-2H3. The SMILES string of the molecule is CC(C)=CC(=O)CS(=O)CC(=O)c1ccccc1. The van der Waals surface area contributed by atoms with E-state index >= 15 is 0 Å². The van der Waals surface area contributed by atoms with E-state index in [1.54, 1.807) is 38.1 Å². The third-order valence-electron chi connectivity index (χ3n) is 2.14. The Morgan fingerprint density at radius 2 is 1.72 bits per heavy atom. The third kappa shape index (κ3) is 5.19. The Bertz CT molecular complexity index is 485. The van der Waals surface area contributed by atoms with E-state index in [9.17, 15) is 13.8 Å². The van der Waals surface area contributed by atoms with Crippen LogP contribution in [-0.4, -0.2) is 27.3 Å². The van der Waals surface area contributed by atoms with Crippen LogP contribution in [0.3, 0.4) is 0 Å². The number of hydrogen-bond acceptors (Lipinski definition) is 3. The Morgan fingerprint density at radius 1 is 1.11 bits per heavy atom. The summed E-state index contributed by atoms with van der Waals surface area (Å²) in [5.74, 6) is -0.594. The number of benzene rings is 1. The van der Waals surface area contributed by atoms with E-state index in [0.717, 1.165) is 5.57 Å². The van der Waals surface area contributed by atoms with Crippen molar-refractivity contribution in [1.29, 1.82) is 0 Å². The Hall–Kier alpha value is -1.55. The van der Waals surface area contributed by atoms with Crippen molar-refractivity contribution >= 4 is 22.4 Å². The van der Waals surface area contributed by atoms with Gasteiger partial charge in [-0.15, -0.1) is 0 Å². The lowest BCUT2D eigenvalue weighted by Crippen LogP contribution is -2.17. The van der Waals surface area contributed by atoms with E-state index in [0.29, 0.717) is 5.56 Å². The van der Waals surface area contributed by atoms with Crippen LogP contribution in [0.25, 0.3) is 0 Å². The largest absolute Gasteiger partial charge is 0.294 e. The summed E-state index contributed by atoms with van der Waals surface area (Å²) in [6, 6.07) is 8.68. The van der Waals surface area contributed by atoms with Gasteiger partial charge < -0.3 is 0 Å². The van der Waals surface area contributed by atoms with Crippen molar-refractivity contribution in [2.24, 2.45) is 0 Å². The molecular formula is C14H16O3S. The fourth-order valence-electron chi connectivity index (χ4n) is 1.43. The summed E-state index contributed by atoms with van der Waals surface area (Å²) < 4.78 is 11.7. The summed E-state index contributed by atoms with van der Waals surface area (Å²) in [5.41, 5.74) is 1.40. The molecule has 0 amide bonds. The van der Waals surface area contributed by atoms with Gasteiger partial charge in [0, 0.05) is 16.4 Å². The molecule has 0 aliphatic rings. The molecule has 1 unspecified atom stereocenters. The molecule has 0 aliphatic heterocycles. The van der Waals surface area contributed by atoms with E-state index in [1.165, 1.54) is 6.08 Å². The van der Waals surface area contributed by atoms with Crippen molar-refractivity contribution in [2.45, 2.75) is 13.8 Å². The minimum absolute atomic E-state index is 0.0935. The van der Waals surface area contributed by atoms with Crippen molar-refractivity contribution in [2.75, 3.05) is 11.5 Å². The zero-order valence-corrected chi connectivity index (χ0v) is 11.3. The molecule has 0 aromatic heterocycles. The highest BCUT2D eigenvalue weighted by Crippen LogP contribution is 2.02. The van der Waals surface area contributed by atoms with Gasteiger partial charge in [0.25, 0.3) is 0 Å². The molecule has 0 heterocycles. The molecule has 0 saturated carbocycles. The molecule has 0 aliphatic carbocycles. The Kier molecular flexibility index (Phi) is 5.65. The molecule has 96 valence electrons. The molecule has 1 rings (SSSR count). The van der Waals surface area contributed by atoms with Crippen molar-refractivity contribution in [3.05, 3.63) is 47.5 Å². The number of hydrogen-bond donors (Lipinski definition) is 0. The molecule has 0 saturated heterocycles. The molecule has 1 aromatic rings. The van der Waals surface area contributed by atoms with Gasteiger partial charge in [0.1, 0.15) is 0 Å². The zero-order valence-electron chi connectivity index (χ0n) is 10.5. The maximum Gasteiger partial charge on any atom is 0.175 e. The first-order valence-corrected chi connectivity index (χ1v) is 7.09. The van der Waals surface area contributed by atoms with Gasteiger partial charge in [-0.25, -0.2) is 0 Å². The predicted molar refractivity (Wildman–Crippen MR) is 73.1 cm³/mol. The first kappa shape index (κ1) is 14.5. The number of carbonyl (C=O) groups excluding carboxylic acids is 2. The van der Waals surface area contributed by atoms with Crippen molar-refractivity contribution in [3.8, 4) is 0 Å². The molecule has 1 atom stereocenters. The average molecular weight is 264 g/mol. The highest BCUT2D eigenvalue weighted by atomic mass is 32.2. The van der Waals surface area contributed by atoms with Crippen LogP contribution in [0.1, 0.15) is 24.2 Å². The topological polar surface area (TPSA) is 51.2 Å². The summed E-state index contributed by atoms with van der Waals surface area (Å²) in [5, 5.41) is 0. The fourth-order valence-corrected chi connectivity index (χ4v) is 2.39. The summed E-state index contributed by atoms with van der Waals surface area (Å²) in [6.45, 7) is 3.60. The van der Waals surface area contributed by atoms with Crippen LogP contribution >= 0.6 is 0 Å². The molecule has 0 bridgehead atoms. The highest BCUT2D eigenvalue weighted by molar-refractivity contribution is 7.86. The van der Waals surface area contributed by atoms with Crippen molar-refractivity contribution in [1.82, 2.24) is 0 Å². The minimum atomic E-state index is -1.44. The monoisotopic (exact) mass is 264 g/mol. The zero-order chi connectivity index (χ0) is 13.5. The van der Waals surface area contributed by atoms with Crippen molar-refractivity contribution < 1.29 is 13.8 Å². The molecule has 0 fully saturated rings. The third-order valence-corrected chi connectivity index (χ3v) is 3.33. The number of ketones is 2. The van der Waals surface area contributed by atoms with E-state index < -0.39 is 10.8 Å². The molecule has 0 spiro atoms. The summed E-state index contributed by atoms with van der Waals surface area (Å²) in [6.07, 6.45) is 1.45. The van der Waals surface area contributed by atoms with E-state index in [1.807, 2.05) is 6.07 Å². The van der Waals surface area contributed by atoms with Gasteiger partial charge in [0.15, 0.2) is 11.6 Å². The quantitative estimate of drug-likeness (QED) is 0.584. The van der Waals surface area contributed by atoms with Gasteiger partial charge in [-0.05, 0) is 19.9 Å². The van der Waals surface area contributed by atoms with Crippen LogP contribution in [0.2, 0.25) is 0 Å². The molecule has 18 heavy (non-hydrogen) atoms. The second-order valence-electron chi connectivity index (χ2n) is 4.21. The van der Waals surface area contributed by atoms with Gasteiger partial charge in [0.05, 0.1) is 11.5 Å². The summed E-state index contributed by atoms with van der Waals surface area (Å²) in [4.78, 5) is 23.1. The molecule has 1 aromatic carbocycles. The second kappa shape index (κ2) is 7.01. The lowest BCUT2D eigenvalue weighted by Gasteiger charge is -2.00. The van der Waals surface area contributed by atoms with E-state index in [-0.39, 0.29) is 23.1 Å². The lowest BCUT2D eigenvalue weighted by atomic mass is 10.2. The number of allylic oxidation sites excluding steroid dienone is 2. The maximum absolute atomic E-state index is 11.7. The highest BCUT2D eigenvalue weighted by Gasteiger charge is 2.12. The Morgan fingerprint density at radius 3 is 2.28 bits per heavy atom. The van der Waals surface area contributed by atoms with Gasteiger partial charge in [-0.1, -0.05) is 35.9 Å². The molecule has 3 nitrogen and oxygen atoms in total. The van der Waals surface area contributed by atoms with E-state index in [2.05, 4.69) is 0 Å². The van der Waals surface area contributed by atoms with Crippen LogP contribution in [0, 0.1) is 0 Å². The minimum Gasteiger partial charge on any atom is -0.294 e. The second-order valence-corrected chi connectivity index (χ2v) is 5.66. The van der Waals surface area contributed by atoms with Crippen LogP contribution in [0.4, 0.5) is 0 Å². The van der Waals surface area contributed by atoms with E-state index in [4.69, 9.17) is 0 Å². The molecule has 0 N–H and O–H groups in total. The predicted octanol–water partition coefficient (Wildman–Crippen LogP) is 2.15. The first-order chi connectivity index (χ1) is 8.49. The van der Waals surface area contributed by atoms with Crippen LogP contribution < -0.4 is 0 Å². The Balaban J connectivity index is 2.54. The van der Waals surface area contributed by atoms with Gasteiger partial charge >= 0.3 is 0 Å². The van der Waals surface area contributed by atoms with Gasteiger partial charge in [0.2, 0.25) is 0 Å². The Labute approximate surface area is 109 Å². The number of rotatable bonds is 6. The lowest BCUT2D eigenvalue weighted by molar-refractivity contribution is -0.112. The maximum atomic E-state index is 11.7. The van der Waals surface area contributed by atoms with Crippen LogP contribution in [0.15, 0.2) is 42.0 Å². The first-order valence-electron chi connectivity index (χ1n) is 5.60. The fraction of sp³-hybridized carbons (Fsp3) is 0.286. The van der Waals surface area contributed by atoms with Crippen LogP contribution in [-0.2, 0) is 15.6 Å². The van der Waals surface area contributed by atoms with Gasteiger partial charge in [-0.2, -0.15) is 0 Å². The van der Waals surface area contributed by atoms with Crippen LogP contribution in [0.5, 0.6) is 0 Å². The number of carbonyl (C=O) groups is 2. The van der Waals surface area contributed by atoms with Gasteiger partial charge in [-0.3, -0.25) is 13.8 Å². The molecular weight excluding hydrogens is 248 g/mol. The summed E-state index contributed by atoms with van der Waals surface area (Å²) in [7, 11) is -1.44.